The van der Waals surface area contributed by atoms with E-state index in [1.54, 1.807) is 25.3 Å². The van der Waals surface area contributed by atoms with Gasteiger partial charge in [0.05, 0.1) is 17.7 Å². The Hall–Kier alpha value is -2.79. The summed E-state index contributed by atoms with van der Waals surface area (Å²) in [6.07, 6.45) is 3.00. The number of nitrogens with one attached hydrogen (secondary N) is 1. The van der Waals surface area contributed by atoms with Gasteiger partial charge in [-0.15, -0.1) is 0 Å². The number of aromatic carboxylic acids is 1. The van der Waals surface area contributed by atoms with E-state index in [2.05, 4.69) is 5.32 Å². The molecule has 0 aliphatic heterocycles. The molecule has 0 heterocycles. The van der Waals surface area contributed by atoms with Crippen molar-refractivity contribution in [1.29, 1.82) is 0 Å². The summed E-state index contributed by atoms with van der Waals surface area (Å²) in [4.78, 5) is 22.9. The van der Waals surface area contributed by atoms with Crippen LogP contribution in [0.2, 0.25) is 5.02 Å². The number of carboxylic acid groups (broad SMARTS) is 1. The van der Waals surface area contributed by atoms with Gasteiger partial charge in [-0.1, -0.05) is 23.7 Å². The molecule has 118 valence electrons. The van der Waals surface area contributed by atoms with Crippen LogP contribution in [0.25, 0.3) is 6.08 Å². The van der Waals surface area contributed by atoms with Gasteiger partial charge in [-0.25, -0.2) is 4.79 Å². The molecule has 6 heteroatoms. The first-order chi connectivity index (χ1) is 11.0. The standard InChI is InChI=1S/C17H14ClNO4/c1-23-13-6-2-11(3-7-13)4-9-16(20)19-12-5-8-15(18)14(10-12)17(21)22/h2-10H,1H3,(H,19,20)(H,21,22)/b9-4+. The summed E-state index contributed by atoms with van der Waals surface area (Å²) < 4.78 is 5.05. The minimum absolute atomic E-state index is 0.0661. The molecule has 2 N–H and O–H groups in total. The lowest BCUT2D eigenvalue weighted by Crippen LogP contribution is -2.09. The zero-order valence-corrected chi connectivity index (χ0v) is 13.0. The molecule has 2 aromatic carbocycles. The van der Waals surface area contributed by atoms with Crippen LogP contribution in [-0.4, -0.2) is 24.1 Å². The number of amides is 1. The molecule has 5 nitrogen and oxygen atoms in total. The molecule has 0 saturated heterocycles. The van der Waals surface area contributed by atoms with Crippen LogP contribution in [0.5, 0.6) is 5.75 Å². The van der Waals surface area contributed by atoms with Gasteiger partial charge in [0, 0.05) is 11.8 Å². The number of ether oxygens (including phenoxy) is 1. The number of hydrogen-bond acceptors (Lipinski definition) is 3. The average Bonchev–Trinajstić information content (AvgIpc) is 2.55. The van der Waals surface area contributed by atoms with Gasteiger partial charge < -0.3 is 15.2 Å². The predicted molar refractivity (Wildman–Crippen MR) is 89.1 cm³/mol. The zero-order valence-electron chi connectivity index (χ0n) is 12.2. The Bertz CT molecular complexity index is 754. The van der Waals surface area contributed by atoms with E-state index in [0.29, 0.717) is 5.69 Å². The maximum Gasteiger partial charge on any atom is 0.337 e. The third-order valence-corrected chi connectivity index (χ3v) is 3.34. The summed E-state index contributed by atoms with van der Waals surface area (Å²) in [5.41, 5.74) is 1.13. The van der Waals surface area contributed by atoms with E-state index in [-0.39, 0.29) is 16.5 Å². The van der Waals surface area contributed by atoms with Crippen LogP contribution in [-0.2, 0) is 4.79 Å². The SMILES string of the molecule is COc1ccc(/C=C/C(=O)Nc2ccc(Cl)c(C(=O)O)c2)cc1. The van der Waals surface area contributed by atoms with Crippen LogP contribution in [0.1, 0.15) is 15.9 Å². The third-order valence-electron chi connectivity index (χ3n) is 3.01. The molecule has 23 heavy (non-hydrogen) atoms. The fourth-order valence-corrected chi connectivity index (χ4v) is 2.04. The normalized spacial score (nSPS) is 10.5. The van der Waals surface area contributed by atoms with E-state index in [1.807, 2.05) is 12.1 Å². The summed E-state index contributed by atoms with van der Waals surface area (Å²) in [6.45, 7) is 0. The molecule has 2 aromatic rings. The summed E-state index contributed by atoms with van der Waals surface area (Å²) in [5, 5.41) is 11.7. The van der Waals surface area contributed by atoms with Gasteiger partial charge in [0.15, 0.2) is 0 Å². The van der Waals surface area contributed by atoms with Crippen molar-refractivity contribution in [2.75, 3.05) is 12.4 Å². The van der Waals surface area contributed by atoms with E-state index < -0.39 is 5.97 Å². The van der Waals surface area contributed by atoms with Crippen molar-refractivity contribution in [3.63, 3.8) is 0 Å². The van der Waals surface area contributed by atoms with Crippen LogP contribution in [0, 0.1) is 0 Å². The van der Waals surface area contributed by atoms with Gasteiger partial charge in [-0.05, 0) is 42.0 Å². The van der Waals surface area contributed by atoms with Crippen molar-refractivity contribution in [2.24, 2.45) is 0 Å². The molecule has 0 radical (unpaired) electrons. The molecule has 0 aliphatic rings. The second-order valence-electron chi connectivity index (χ2n) is 4.60. The quantitative estimate of drug-likeness (QED) is 0.819. The number of rotatable bonds is 5. The largest absolute Gasteiger partial charge is 0.497 e. The van der Waals surface area contributed by atoms with Gasteiger partial charge in [0.2, 0.25) is 5.91 Å². The molecular weight excluding hydrogens is 318 g/mol. The average molecular weight is 332 g/mol. The molecule has 0 atom stereocenters. The van der Waals surface area contributed by atoms with Gasteiger partial charge in [-0.2, -0.15) is 0 Å². The maximum absolute atomic E-state index is 11.9. The van der Waals surface area contributed by atoms with Gasteiger partial charge in [0.1, 0.15) is 5.75 Å². The Morgan fingerprint density at radius 2 is 1.87 bits per heavy atom. The van der Waals surface area contributed by atoms with E-state index in [4.69, 9.17) is 21.4 Å². The lowest BCUT2D eigenvalue weighted by Gasteiger charge is -2.05. The number of hydrogen-bond donors (Lipinski definition) is 2. The number of halogens is 1. The molecule has 1 amide bonds. The van der Waals surface area contributed by atoms with E-state index >= 15 is 0 Å². The fraction of sp³-hybridized carbons (Fsp3) is 0.0588. The zero-order chi connectivity index (χ0) is 16.8. The number of carbonyl (C=O) groups excluding carboxylic acids is 1. The number of benzene rings is 2. The molecule has 0 spiro atoms. The van der Waals surface area contributed by atoms with E-state index in [0.717, 1.165) is 11.3 Å². The first kappa shape index (κ1) is 16.6. The Labute approximate surface area is 138 Å². The van der Waals surface area contributed by atoms with Crippen LogP contribution in [0.4, 0.5) is 5.69 Å². The highest BCUT2D eigenvalue weighted by Gasteiger charge is 2.10. The van der Waals surface area contributed by atoms with Crippen molar-refractivity contribution >= 4 is 35.2 Å². The molecule has 0 fully saturated rings. The van der Waals surface area contributed by atoms with Crippen LogP contribution in [0.3, 0.4) is 0 Å². The highest BCUT2D eigenvalue weighted by atomic mass is 35.5. The number of anilines is 1. The number of methoxy groups -OCH3 is 1. The smallest absolute Gasteiger partial charge is 0.337 e. The Morgan fingerprint density at radius 1 is 1.17 bits per heavy atom. The second-order valence-corrected chi connectivity index (χ2v) is 5.00. The second kappa shape index (κ2) is 7.47. The Kier molecular flexibility index (Phi) is 5.38. The van der Waals surface area contributed by atoms with Crippen LogP contribution in [0.15, 0.2) is 48.5 Å². The first-order valence-corrected chi connectivity index (χ1v) is 7.03. The molecule has 0 bridgehead atoms. The molecule has 0 saturated carbocycles. The summed E-state index contributed by atoms with van der Waals surface area (Å²) >= 11 is 5.78. The Morgan fingerprint density at radius 3 is 2.48 bits per heavy atom. The van der Waals surface area contributed by atoms with Crippen molar-refractivity contribution in [1.82, 2.24) is 0 Å². The molecule has 0 unspecified atom stereocenters. The predicted octanol–water partition coefficient (Wildman–Crippen LogP) is 3.70. The lowest BCUT2D eigenvalue weighted by atomic mass is 10.2. The Balaban J connectivity index is 2.05. The van der Waals surface area contributed by atoms with Gasteiger partial charge in [-0.3, -0.25) is 4.79 Å². The number of carbonyl (C=O) groups is 2. The van der Waals surface area contributed by atoms with Gasteiger partial charge >= 0.3 is 5.97 Å². The summed E-state index contributed by atoms with van der Waals surface area (Å²) in [5.74, 6) is -0.798. The first-order valence-electron chi connectivity index (χ1n) is 6.65. The minimum Gasteiger partial charge on any atom is -0.497 e. The summed E-state index contributed by atoms with van der Waals surface area (Å²) in [7, 11) is 1.58. The van der Waals surface area contributed by atoms with Crippen LogP contribution >= 0.6 is 11.6 Å². The topological polar surface area (TPSA) is 75.6 Å². The highest BCUT2D eigenvalue weighted by molar-refractivity contribution is 6.33. The van der Waals surface area contributed by atoms with E-state index in [9.17, 15) is 9.59 Å². The van der Waals surface area contributed by atoms with E-state index in [1.165, 1.54) is 24.3 Å². The molecule has 0 aromatic heterocycles. The van der Waals surface area contributed by atoms with Crippen molar-refractivity contribution in [2.45, 2.75) is 0 Å². The molecular formula is C17H14ClNO4. The van der Waals surface area contributed by atoms with Gasteiger partial charge in [0.25, 0.3) is 0 Å². The summed E-state index contributed by atoms with van der Waals surface area (Å²) in [6, 6.07) is 11.5. The molecule has 0 aliphatic carbocycles. The van der Waals surface area contributed by atoms with Crippen LogP contribution < -0.4 is 10.1 Å². The van der Waals surface area contributed by atoms with Crippen molar-refractivity contribution in [3.05, 3.63) is 64.7 Å². The minimum atomic E-state index is -1.15. The third kappa shape index (κ3) is 4.59. The fourth-order valence-electron chi connectivity index (χ4n) is 1.84. The number of carboxylic acids is 1. The van der Waals surface area contributed by atoms with Crippen molar-refractivity contribution in [3.8, 4) is 5.75 Å². The lowest BCUT2D eigenvalue weighted by molar-refractivity contribution is -0.111. The maximum atomic E-state index is 11.9. The van der Waals surface area contributed by atoms with Crippen molar-refractivity contribution < 1.29 is 19.4 Å². The molecule has 2 rings (SSSR count). The monoisotopic (exact) mass is 331 g/mol. The highest BCUT2D eigenvalue weighted by Crippen LogP contribution is 2.20.